The van der Waals surface area contributed by atoms with Gasteiger partial charge in [-0.25, -0.2) is 5.01 Å². The largest absolute Gasteiger partial charge is 0.344 e. The molecular formula is C14H31N3. The molecule has 1 heterocycles. The van der Waals surface area contributed by atoms with Gasteiger partial charge >= 0.3 is 0 Å². The Morgan fingerprint density at radius 3 is 2.06 bits per heavy atom. The van der Waals surface area contributed by atoms with Crippen LogP contribution >= 0.6 is 0 Å². The Morgan fingerprint density at radius 1 is 0.706 bits per heavy atom. The molecule has 0 bridgehead atoms. The summed E-state index contributed by atoms with van der Waals surface area (Å²) in [6.45, 7) is 2.49. The van der Waals surface area contributed by atoms with Gasteiger partial charge in [0, 0.05) is 19.1 Å². The minimum absolute atomic E-state index is 0. The molecule has 1 aliphatic heterocycles. The van der Waals surface area contributed by atoms with E-state index in [2.05, 4.69) is 10.4 Å². The number of nitrogens with one attached hydrogen (secondary N) is 1. The third kappa shape index (κ3) is 5.36. The van der Waals surface area contributed by atoms with Crippen molar-refractivity contribution >= 4 is 0 Å². The third-order valence-corrected chi connectivity index (χ3v) is 4.16. The molecule has 1 aliphatic carbocycles. The Kier molecular flexibility index (Phi) is 7.82. The zero-order chi connectivity index (χ0) is 11.1. The molecule has 3 nitrogen and oxygen atoms in total. The van der Waals surface area contributed by atoms with Gasteiger partial charge in [0.25, 0.3) is 0 Å². The molecule has 1 saturated heterocycles. The van der Waals surface area contributed by atoms with Gasteiger partial charge in [0.2, 0.25) is 0 Å². The van der Waals surface area contributed by atoms with Gasteiger partial charge in [-0.2, -0.15) is 0 Å². The van der Waals surface area contributed by atoms with Crippen molar-refractivity contribution in [2.75, 3.05) is 13.1 Å². The van der Waals surface area contributed by atoms with Crippen LogP contribution in [-0.2, 0) is 0 Å². The highest BCUT2D eigenvalue weighted by Crippen LogP contribution is 2.21. The number of hydrogen-bond donors (Lipinski definition) is 2. The van der Waals surface area contributed by atoms with E-state index in [1.54, 1.807) is 0 Å². The van der Waals surface area contributed by atoms with Crippen LogP contribution in [0.2, 0.25) is 0 Å². The van der Waals surface area contributed by atoms with Crippen molar-refractivity contribution in [3.8, 4) is 0 Å². The standard InChI is InChI=1S/C14H28N2.H3N/c1-2-6-10-14(11-7-3-1)16-13-9-5-4-8-12-15-16;/h14-15H,1-13H2;1H3. The minimum atomic E-state index is 0. The van der Waals surface area contributed by atoms with Crippen LogP contribution in [0.25, 0.3) is 0 Å². The van der Waals surface area contributed by atoms with Crippen LogP contribution in [0.5, 0.6) is 0 Å². The smallest absolute Gasteiger partial charge is 0.0243 e. The van der Waals surface area contributed by atoms with Gasteiger partial charge in [-0.05, 0) is 25.7 Å². The lowest BCUT2D eigenvalue weighted by Crippen LogP contribution is -2.47. The monoisotopic (exact) mass is 241 g/mol. The summed E-state index contributed by atoms with van der Waals surface area (Å²) in [7, 11) is 0. The molecule has 0 aromatic carbocycles. The summed E-state index contributed by atoms with van der Waals surface area (Å²) in [4.78, 5) is 0. The quantitative estimate of drug-likeness (QED) is 0.737. The second-order valence-electron chi connectivity index (χ2n) is 5.51. The zero-order valence-corrected chi connectivity index (χ0v) is 11.4. The summed E-state index contributed by atoms with van der Waals surface area (Å²) in [5.41, 5.74) is 3.67. The fourth-order valence-electron chi connectivity index (χ4n) is 3.12. The van der Waals surface area contributed by atoms with Crippen molar-refractivity contribution in [1.29, 1.82) is 0 Å². The molecule has 0 atom stereocenters. The normalized spacial score (nSPS) is 26.1. The van der Waals surface area contributed by atoms with E-state index in [0.717, 1.165) is 6.04 Å². The van der Waals surface area contributed by atoms with Crippen molar-refractivity contribution < 1.29 is 0 Å². The SMILES string of the molecule is C1CCCC(N2CCCCCCN2)CCC1.N. The summed E-state index contributed by atoms with van der Waals surface area (Å²) >= 11 is 0. The van der Waals surface area contributed by atoms with Crippen LogP contribution in [0.1, 0.15) is 70.6 Å². The van der Waals surface area contributed by atoms with Gasteiger partial charge in [0.1, 0.15) is 0 Å². The molecule has 1 saturated carbocycles. The molecule has 17 heavy (non-hydrogen) atoms. The Morgan fingerprint density at radius 2 is 1.29 bits per heavy atom. The Hall–Kier alpha value is -0.120. The maximum atomic E-state index is 3.67. The number of hydrazine groups is 1. The summed E-state index contributed by atoms with van der Waals surface area (Å²) in [6, 6.07) is 0.832. The second-order valence-corrected chi connectivity index (χ2v) is 5.51. The zero-order valence-electron chi connectivity index (χ0n) is 11.4. The number of nitrogens with zero attached hydrogens (tertiary/aromatic N) is 1. The van der Waals surface area contributed by atoms with Gasteiger partial charge in [-0.3, -0.25) is 5.43 Å². The molecule has 0 amide bonds. The molecule has 3 heteroatoms. The Bertz CT molecular complexity index is 148. The fourth-order valence-corrected chi connectivity index (χ4v) is 3.12. The van der Waals surface area contributed by atoms with Crippen molar-refractivity contribution in [2.45, 2.75) is 76.7 Å². The van der Waals surface area contributed by atoms with Gasteiger partial charge in [-0.15, -0.1) is 0 Å². The van der Waals surface area contributed by atoms with Gasteiger partial charge < -0.3 is 6.15 Å². The van der Waals surface area contributed by atoms with Crippen molar-refractivity contribution in [3.05, 3.63) is 0 Å². The summed E-state index contributed by atoms with van der Waals surface area (Å²) in [5.74, 6) is 0. The van der Waals surface area contributed by atoms with E-state index < -0.39 is 0 Å². The van der Waals surface area contributed by atoms with E-state index in [-0.39, 0.29) is 6.15 Å². The molecule has 0 spiro atoms. The lowest BCUT2D eigenvalue weighted by Gasteiger charge is -2.34. The van der Waals surface area contributed by atoms with Crippen LogP contribution in [-0.4, -0.2) is 24.1 Å². The molecule has 2 aliphatic rings. The molecule has 0 radical (unpaired) electrons. The first-order valence-electron chi connectivity index (χ1n) is 7.47. The van der Waals surface area contributed by atoms with Crippen LogP contribution in [0.3, 0.4) is 0 Å². The number of hydrogen-bond acceptors (Lipinski definition) is 3. The van der Waals surface area contributed by atoms with E-state index in [1.807, 2.05) is 0 Å². The highest BCUT2D eigenvalue weighted by Gasteiger charge is 2.19. The lowest BCUT2D eigenvalue weighted by molar-refractivity contribution is 0.0927. The summed E-state index contributed by atoms with van der Waals surface area (Å²) < 4.78 is 0. The van der Waals surface area contributed by atoms with Gasteiger partial charge in [0.05, 0.1) is 0 Å². The second kappa shape index (κ2) is 8.90. The van der Waals surface area contributed by atoms with Crippen molar-refractivity contribution in [2.24, 2.45) is 0 Å². The van der Waals surface area contributed by atoms with Gasteiger partial charge in [0.15, 0.2) is 0 Å². The first-order valence-corrected chi connectivity index (χ1v) is 7.47. The van der Waals surface area contributed by atoms with Crippen molar-refractivity contribution in [3.63, 3.8) is 0 Å². The van der Waals surface area contributed by atoms with E-state index in [0.29, 0.717) is 0 Å². The highest BCUT2D eigenvalue weighted by atomic mass is 15.5. The summed E-state index contributed by atoms with van der Waals surface area (Å²) in [6.07, 6.45) is 15.8. The predicted molar refractivity (Wildman–Crippen MR) is 74.3 cm³/mol. The molecule has 0 unspecified atom stereocenters. The average Bonchev–Trinajstić information content (AvgIpc) is 2.18. The average molecular weight is 241 g/mol. The maximum Gasteiger partial charge on any atom is 0.0243 e. The topological polar surface area (TPSA) is 50.3 Å². The minimum Gasteiger partial charge on any atom is -0.344 e. The Balaban J connectivity index is 0.00000144. The lowest BCUT2D eigenvalue weighted by atomic mass is 9.96. The number of rotatable bonds is 1. The van der Waals surface area contributed by atoms with Gasteiger partial charge in [-0.1, -0.05) is 44.9 Å². The fraction of sp³-hybridized carbons (Fsp3) is 1.00. The molecular weight excluding hydrogens is 210 g/mol. The molecule has 0 aromatic heterocycles. The summed E-state index contributed by atoms with van der Waals surface area (Å²) in [5, 5.41) is 2.59. The van der Waals surface area contributed by atoms with Crippen LogP contribution in [0, 0.1) is 0 Å². The van der Waals surface area contributed by atoms with E-state index in [1.165, 1.54) is 83.7 Å². The highest BCUT2D eigenvalue weighted by molar-refractivity contribution is 4.72. The van der Waals surface area contributed by atoms with Crippen molar-refractivity contribution in [1.82, 2.24) is 16.6 Å². The van der Waals surface area contributed by atoms with E-state index in [4.69, 9.17) is 0 Å². The molecule has 2 fully saturated rings. The first kappa shape index (κ1) is 14.9. The Labute approximate surface area is 107 Å². The van der Waals surface area contributed by atoms with Crippen LogP contribution < -0.4 is 11.6 Å². The third-order valence-electron chi connectivity index (χ3n) is 4.16. The van der Waals surface area contributed by atoms with Crippen LogP contribution in [0.15, 0.2) is 0 Å². The molecule has 4 N–H and O–H groups in total. The maximum absolute atomic E-state index is 3.67. The first-order chi connectivity index (χ1) is 7.97. The molecule has 2 rings (SSSR count). The molecule has 102 valence electrons. The van der Waals surface area contributed by atoms with E-state index in [9.17, 15) is 0 Å². The van der Waals surface area contributed by atoms with E-state index >= 15 is 0 Å². The molecule has 0 aromatic rings. The predicted octanol–water partition coefficient (Wildman–Crippen LogP) is 3.64. The van der Waals surface area contributed by atoms with Crippen LogP contribution in [0.4, 0.5) is 0 Å².